The Bertz CT molecular complexity index is 1040. The molecule has 138 valence electrons. The van der Waals surface area contributed by atoms with E-state index in [2.05, 4.69) is 10.3 Å². The zero-order valence-electron chi connectivity index (χ0n) is 14.3. The Labute approximate surface area is 153 Å². The SMILES string of the molecule is CC(CNc1ccc(C#N)cc1[N+](=O)[O-])c1nc2ccccc2n1C(F)F. The second-order valence-electron chi connectivity index (χ2n) is 5.99. The smallest absolute Gasteiger partial charge is 0.320 e. The zero-order chi connectivity index (χ0) is 19.6. The Morgan fingerprint density at radius 2 is 2.07 bits per heavy atom. The van der Waals surface area contributed by atoms with Gasteiger partial charge in [0.2, 0.25) is 0 Å². The summed E-state index contributed by atoms with van der Waals surface area (Å²) in [4.78, 5) is 14.9. The highest BCUT2D eigenvalue weighted by Crippen LogP contribution is 2.29. The van der Waals surface area contributed by atoms with Gasteiger partial charge in [0.15, 0.2) is 0 Å². The zero-order valence-corrected chi connectivity index (χ0v) is 14.3. The molecule has 0 fully saturated rings. The Kier molecular flexibility index (Phi) is 4.98. The maximum absolute atomic E-state index is 13.6. The fraction of sp³-hybridized carbons (Fsp3) is 0.222. The van der Waals surface area contributed by atoms with Gasteiger partial charge in [0.1, 0.15) is 11.5 Å². The molecule has 1 heterocycles. The molecule has 1 atom stereocenters. The molecule has 0 amide bonds. The molecule has 2 aromatic carbocycles. The number of halogens is 2. The second kappa shape index (κ2) is 7.37. The first-order valence-electron chi connectivity index (χ1n) is 8.09. The number of anilines is 1. The van der Waals surface area contributed by atoms with Crippen molar-refractivity contribution in [2.45, 2.75) is 19.4 Å². The minimum absolute atomic E-state index is 0.156. The Morgan fingerprint density at radius 3 is 2.74 bits per heavy atom. The molecule has 0 aliphatic rings. The number of alkyl halides is 2. The molecule has 7 nitrogen and oxygen atoms in total. The van der Waals surface area contributed by atoms with Gasteiger partial charge in [-0.25, -0.2) is 4.98 Å². The molecule has 0 aliphatic carbocycles. The van der Waals surface area contributed by atoms with Crippen molar-refractivity contribution in [2.75, 3.05) is 11.9 Å². The van der Waals surface area contributed by atoms with Gasteiger partial charge >= 0.3 is 6.55 Å². The number of nitrogens with one attached hydrogen (secondary N) is 1. The van der Waals surface area contributed by atoms with Crippen LogP contribution in [0.1, 0.15) is 30.8 Å². The number of nitro groups is 1. The van der Waals surface area contributed by atoms with Crippen molar-refractivity contribution in [3.8, 4) is 6.07 Å². The van der Waals surface area contributed by atoms with Crippen LogP contribution in [0.5, 0.6) is 0 Å². The maximum Gasteiger partial charge on any atom is 0.320 e. The summed E-state index contributed by atoms with van der Waals surface area (Å²) >= 11 is 0. The van der Waals surface area contributed by atoms with E-state index in [1.54, 1.807) is 31.2 Å². The lowest BCUT2D eigenvalue weighted by Crippen LogP contribution is -2.16. The highest BCUT2D eigenvalue weighted by Gasteiger charge is 2.22. The van der Waals surface area contributed by atoms with E-state index in [9.17, 15) is 18.9 Å². The lowest BCUT2D eigenvalue weighted by Gasteiger charge is -2.15. The topological polar surface area (TPSA) is 96.8 Å². The number of nitrogens with zero attached hydrogens (tertiary/aromatic N) is 4. The standard InChI is InChI=1S/C18H15F2N5O2/c1-11(10-22-13-7-6-12(9-21)8-16(13)25(26)27)17-23-14-4-2-3-5-15(14)24(17)18(19)20/h2-8,11,18,22H,10H2,1H3. The van der Waals surface area contributed by atoms with Crippen LogP contribution in [0, 0.1) is 21.4 Å². The largest absolute Gasteiger partial charge is 0.379 e. The quantitative estimate of drug-likeness (QED) is 0.511. The van der Waals surface area contributed by atoms with Gasteiger partial charge in [-0.3, -0.25) is 14.7 Å². The predicted octanol–water partition coefficient (Wildman–Crippen LogP) is 4.43. The fourth-order valence-electron chi connectivity index (χ4n) is 2.87. The third kappa shape index (κ3) is 3.55. The third-order valence-corrected chi connectivity index (χ3v) is 4.18. The van der Waals surface area contributed by atoms with Crippen LogP contribution >= 0.6 is 0 Å². The minimum atomic E-state index is -2.75. The van der Waals surface area contributed by atoms with E-state index in [0.717, 1.165) is 4.57 Å². The van der Waals surface area contributed by atoms with Gasteiger partial charge in [-0.15, -0.1) is 0 Å². The van der Waals surface area contributed by atoms with Crippen LogP contribution in [0.3, 0.4) is 0 Å². The van der Waals surface area contributed by atoms with E-state index in [1.807, 2.05) is 6.07 Å². The van der Waals surface area contributed by atoms with Gasteiger partial charge in [-0.05, 0) is 24.3 Å². The highest BCUT2D eigenvalue weighted by atomic mass is 19.3. The summed E-state index contributed by atoms with van der Waals surface area (Å²) in [6.07, 6.45) is 0. The van der Waals surface area contributed by atoms with Crippen LogP contribution in [0.4, 0.5) is 20.2 Å². The molecule has 1 unspecified atom stereocenters. The number of para-hydroxylation sites is 2. The molecule has 0 bridgehead atoms. The minimum Gasteiger partial charge on any atom is -0.379 e. The number of nitro benzene ring substituents is 1. The molecule has 0 radical (unpaired) electrons. The third-order valence-electron chi connectivity index (χ3n) is 4.18. The van der Waals surface area contributed by atoms with Crippen molar-refractivity contribution >= 4 is 22.4 Å². The first-order valence-corrected chi connectivity index (χ1v) is 8.09. The number of fused-ring (bicyclic) bond motifs is 1. The van der Waals surface area contributed by atoms with E-state index in [1.165, 1.54) is 18.2 Å². The lowest BCUT2D eigenvalue weighted by molar-refractivity contribution is -0.384. The van der Waals surface area contributed by atoms with Gasteiger partial charge < -0.3 is 5.32 Å². The fourth-order valence-corrected chi connectivity index (χ4v) is 2.87. The number of rotatable bonds is 6. The van der Waals surface area contributed by atoms with E-state index >= 15 is 0 Å². The van der Waals surface area contributed by atoms with Crippen LogP contribution in [0.15, 0.2) is 42.5 Å². The molecule has 0 saturated heterocycles. The van der Waals surface area contributed by atoms with E-state index in [4.69, 9.17) is 5.26 Å². The Balaban J connectivity index is 1.88. The van der Waals surface area contributed by atoms with Crippen molar-refractivity contribution in [1.29, 1.82) is 5.26 Å². The summed E-state index contributed by atoms with van der Waals surface area (Å²) in [6, 6.07) is 12.5. The van der Waals surface area contributed by atoms with Gasteiger partial charge in [0.05, 0.1) is 27.6 Å². The first kappa shape index (κ1) is 18.3. The van der Waals surface area contributed by atoms with Crippen molar-refractivity contribution in [2.24, 2.45) is 0 Å². The van der Waals surface area contributed by atoms with Gasteiger partial charge in [-0.1, -0.05) is 19.1 Å². The van der Waals surface area contributed by atoms with Crippen LogP contribution in [0.2, 0.25) is 0 Å². The van der Waals surface area contributed by atoms with Crippen LogP contribution in [0.25, 0.3) is 11.0 Å². The van der Waals surface area contributed by atoms with Crippen molar-refractivity contribution in [1.82, 2.24) is 9.55 Å². The van der Waals surface area contributed by atoms with Crippen molar-refractivity contribution < 1.29 is 13.7 Å². The molecule has 1 aromatic heterocycles. The van der Waals surface area contributed by atoms with Crippen LogP contribution in [-0.4, -0.2) is 21.0 Å². The number of aromatic nitrogens is 2. The first-order chi connectivity index (χ1) is 12.9. The molecule has 3 aromatic rings. The van der Waals surface area contributed by atoms with Gasteiger partial charge in [0, 0.05) is 18.5 Å². The second-order valence-corrected chi connectivity index (χ2v) is 5.99. The van der Waals surface area contributed by atoms with Crippen molar-refractivity contribution in [3.05, 3.63) is 64.0 Å². The average Bonchev–Trinajstić information content (AvgIpc) is 3.05. The number of imidazole rings is 1. The maximum atomic E-state index is 13.6. The Hall–Kier alpha value is -3.54. The Morgan fingerprint density at radius 1 is 1.33 bits per heavy atom. The van der Waals surface area contributed by atoms with E-state index in [-0.39, 0.29) is 29.3 Å². The molecule has 0 aliphatic heterocycles. The molecular weight excluding hydrogens is 356 g/mol. The van der Waals surface area contributed by atoms with Crippen LogP contribution in [-0.2, 0) is 0 Å². The normalized spacial score (nSPS) is 12.1. The van der Waals surface area contributed by atoms with E-state index in [0.29, 0.717) is 11.0 Å². The summed E-state index contributed by atoms with van der Waals surface area (Å²) in [6.45, 7) is -0.884. The number of hydrogen-bond acceptors (Lipinski definition) is 5. The van der Waals surface area contributed by atoms with E-state index < -0.39 is 17.4 Å². The molecule has 9 heteroatoms. The monoisotopic (exact) mass is 371 g/mol. The summed E-state index contributed by atoms with van der Waals surface area (Å²) in [5.74, 6) is -0.253. The number of hydrogen-bond donors (Lipinski definition) is 1. The summed E-state index contributed by atoms with van der Waals surface area (Å²) < 4.78 is 28.0. The lowest BCUT2D eigenvalue weighted by atomic mass is 10.1. The summed E-state index contributed by atoms with van der Waals surface area (Å²) in [5.41, 5.74) is 0.927. The molecule has 27 heavy (non-hydrogen) atoms. The van der Waals surface area contributed by atoms with Crippen molar-refractivity contribution in [3.63, 3.8) is 0 Å². The molecule has 3 rings (SSSR count). The highest BCUT2D eigenvalue weighted by molar-refractivity contribution is 5.76. The molecular formula is C18H15F2N5O2. The van der Waals surface area contributed by atoms with Gasteiger partial charge in [0.25, 0.3) is 5.69 Å². The summed E-state index contributed by atoms with van der Waals surface area (Å²) in [7, 11) is 0. The summed E-state index contributed by atoms with van der Waals surface area (Å²) in [5, 5.41) is 23.0. The molecule has 0 spiro atoms. The number of nitriles is 1. The number of benzene rings is 2. The predicted molar refractivity (Wildman–Crippen MR) is 95.7 cm³/mol. The average molecular weight is 371 g/mol. The van der Waals surface area contributed by atoms with Crippen LogP contribution < -0.4 is 5.32 Å². The molecule has 0 saturated carbocycles. The molecule has 1 N–H and O–H groups in total. The van der Waals surface area contributed by atoms with Gasteiger partial charge in [-0.2, -0.15) is 14.0 Å².